The molecule has 3 rings (SSSR count). The number of rotatable bonds is 4. The molecule has 1 unspecified atom stereocenters. The van der Waals surface area contributed by atoms with Gasteiger partial charge in [0.2, 0.25) is 5.91 Å². The normalized spacial score (nSPS) is 18.8. The van der Waals surface area contributed by atoms with Crippen LogP contribution in [0.15, 0.2) is 60.7 Å². The topological polar surface area (TPSA) is 41.6 Å². The Hall–Kier alpha value is -2.17. The number of para-hydroxylation sites is 1. The van der Waals surface area contributed by atoms with Crippen molar-refractivity contribution in [2.45, 2.75) is 6.10 Å². The zero-order valence-electron chi connectivity index (χ0n) is 12.4. The Morgan fingerprint density at radius 3 is 2.50 bits per heavy atom. The second-order valence-corrected chi connectivity index (χ2v) is 5.42. The van der Waals surface area contributed by atoms with Gasteiger partial charge in [0.05, 0.1) is 19.3 Å². The Balaban J connectivity index is 1.55. The summed E-state index contributed by atoms with van der Waals surface area (Å²) in [5.41, 5.74) is 2.00. The van der Waals surface area contributed by atoms with E-state index in [0.717, 1.165) is 24.3 Å². The molecular formula is C18H20N2O2. The molecule has 1 heterocycles. The summed E-state index contributed by atoms with van der Waals surface area (Å²) in [6.45, 7) is 2.57. The predicted molar refractivity (Wildman–Crippen MR) is 86.6 cm³/mol. The summed E-state index contributed by atoms with van der Waals surface area (Å²) in [6, 6.07) is 19.7. The van der Waals surface area contributed by atoms with Gasteiger partial charge >= 0.3 is 0 Å². The average molecular weight is 296 g/mol. The molecular weight excluding hydrogens is 276 g/mol. The summed E-state index contributed by atoms with van der Waals surface area (Å²) >= 11 is 0. The summed E-state index contributed by atoms with van der Waals surface area (Å²) in [5.74, 6) is 0.0138. The Morgan fingerprint density at radius 2 is 1.77 bits per heavy atom. The van der Waals surface area contributed by atoms with Gasteiger partial charge in [0.15, 0.2) is 0 Å². The van der Waals surface area contributed by atoms with Crippen LogP contribution in [0, 0.1) is 0 Å². The van der Waals surface area contributed by atoms with Crippen molar-refractivity contribution >= 4 is 11.6 Å². The van der Waals surface area contributed by atoms with E-state index >= 15 is 0 Å². The number of nitrogens with zero attached hydrogens (tertiary/aromatic N) is 1. The van der Waals surface area contributed by atoms with Crippen molar-refractivity contribution < 1.29 is 9.53 Å². The molecule has 1 fully saturated rings. The molecule has 1 N–H and O–H groups in total. The molecule has 1 atom stereocenters. The highest BCUT2D eigenvalue weighted by Gasteiger charge is 2.23. The van der Waals surface area contributed by atoms with Crippen molar-refractivity contribution in [3.05, 3.63) is 66.2 Å². The van der Waals surface area contributed by atoms with Crippen LogP contribution in [0.3, 0.4) is 0 Å². The van der Waals surface area contributed by atoms with E-state index in [4.69, 9.17) is 4.74 Å². The zero-order valence-corrected chi connectivity index (χ0v) is 12.4. The van der Waals surface area contributed by atoms with Crippen molar-refractivity contribution in [1.29, 1.82) is 0 Å². The molecule has 1 saturated heterocycles. The van der Waals surface area contributed by atoms with E-state index in [1.54, 1.807) is 0 Å². The third-order valence-electron chi connectivity index (χ3n) is 3.75. The Labute approximate surface area is 130 Å². The maximum absolute atomic E-state index is 12.1. The number of carbonyl (C=O) groups is 1. The van der Waals surface area contributed by atoms with Gasteiger partial charge < -0.3 is 10.1 Å². The molecule has 0 spiro atoms. The Bertz CT molecular complexity index is 601. The number of hydrogen-bond acceptors (Lipinski definition) is 3. The Kier molecular flexibility index (Phi) is 4.83. The Morgan fingerprint density at radius 1 is 1.09 bits per heavy atom. The number of carbonyl (C=O) groups excluding carboxylic acids is 1. The van der Waals surface area contributed by atoms with Crippen molar-refractivity contribution in [2.24, 2.45) is 0 Å². The minimum Gasteiger partial charge on any atom is -0.371 e. The fourth-order valence-electron chi connectivity index (χ4n) is 2.64. The minimum atomic E-state index is 0.0138. The van der Waals surface area contributed by atoms with Crippen LogP contribution in [-0.2, 0) is 9.53 Å². The molecule has 114 valence electrons. The van der Waals surface area contributed by atoms with Gasteiger partial charge in [-0.2, -0.15) is 0 Å². The van der Waals surface area contributed by atoms with Gasteiger partial charge in [0.25, 0.3) is 0 Å². The highest BCUT2D eigenvalue weighted by atomic mass is 16.5. The third kappa shape index (κ3) is 3.93. The molecule has 4 nitrogen and oxygen atoms in total. The maximum atomic E-state index is 12.1. The zero-order chi connectivity index (χ0) is 15.2. The van der Waals surface area contributed by atoms with Crippen LogP contribution in [0.2, 0.25) is 0 Å². The van der Waals surface area contributed by atoms with Crippen LogP contribution >= 0.6 is 0 Å². The lowest BCUT2D eigenvalue weighted by Gasteiger charge is -2.32. The SMILES string of the molecule is O=C(CN1CCOC(c2ccccc2)C1)Nc1ccccc1. The van der Waals surface area contributed by atoms with Crippen molar-refractivity contribution in [1.82, 2.24) is 4.90 Å². The average Bonchev–Trinajstić information content (AvgIpc) is 2.57. The number of nitrogens with one attached hydrogen (secondary N) is 1. The van der Waals surface area contributed by atoms with E-state index in [0.29, 0.717) is 13.2 Å². The van der Waals surface area contributed by atoms with Crippen molar-refractivity contribution in [3.8, 4) is 0 Å². The van der Waals surface area contributed by atoms with Gasteiger partial charge in [0, 0.05) is 18.8 Å². The quantitative estimate of drug-likeness (QED) is 0.943. The lowest BCUT2D eigenvalue weighted by molar-refractivity contribution is -0.119. The number of amides is 1. The first-order valence-electron chi connectivity index (χ1n) is 7.55. The summed E-state index contributed by atoms with van der Waals surface area (Å²) in [4.78, 5) is 14.3. The molecule has 1 amide bonds. The molecule has 0 aromatic heterocycles. The van der Waals surface area contributed by atoms with E-state index < -0.39 is 0 Å². The van der Waals surface area contributed by atoms with Crippen molar-refractivity contribution in [3.63, 3.8) is 0 Å². The fraction of sp³-hybridized carbons (Fsp3) is 0.278. The highest BCUT2D eigenvalue weighted by molar-refractivity contribution is 5.92. The van der Waals surface area contributed by atoms with Gasteiger partial charge in [-0.25, -0.2) is 0 Å². The summed E-state index contributed by atoms with van der Waals surface area (Å²) in [7, 11) is 0. The second kappa shape index (κ2) is 7.20. The van der Waals surface area contributed by atoms with Crippen LogP contribution < -0.4 is 5.32 Å². The fourth-order valence-corrected chi connectivity index (χ4v) is 2.64. The number of benzene rings is 2. The molecule has 1 aliphatic heterocycles. The van der Waals surface area contributed by atoms with Crippen LogP contribution in [0.4, 0.5) is 5.69 Å². The van der Waals surface area contributed by atoms with Gasteiger partial charge in [-0.05, 0) is 17.7 Å². The monoisotopic (exact) mass is 296 g/mol. The first-order valence-corrected chi connectivity index (χ1v) is 7.55. The van der Waals surface area contributed by atoms with Crippen LogP contribution in [0.25, 0.3) is 0 Å². The first-order chi connectivity index (χ1) is 10.8. The van der Waals surface area contributed by atoms with Gasteiger partial charge in [-0.1, -0.05) is 48.5 Å². The smallest absolute Gasteiger partial charge is 0.238 e. The van der Waals surface area contributed by atoms with Crippen LogP contribution in [0.5, 0.6) is 0 Å². The second-order valence-electron chi connectivity index (χ2n) is 5.42. The number of morpholine rings is 1. The number of hydrogen-bond donors (Lipinski definition) is 1. The maximum Gasteiger partial charge on any atom is 0.238 e. The van der Waals surface area contributed by atoms with Gasteiger partial charge in [0.1, 0.15) is 0 Å². The largest absolute Gasteiger partial charge is 0.371 e. The van der Waals surface area contributed by atoms with Crippen molar-refractivity contribution in [2.75, 3.05) is 31.6 Å². The molecule has 1 aliphatic rings. The molecule has 0 bridgehead atoms. The molecule has 4 heteroatoms. The summed E-state index contributed by atoms with van der Waals surface area (Å²) in [5, 5.41) is 2.92. The van der Waals surface area contributed by atoms with E-state index in [1.165, 1.54) is 0 Å². The lowest BCUT2D eigenvalue weighted by Crippen LogP contribution is -2.42. The number of ether oxygens (including phenoxy) is 1. The minimum absolute atomic E-state index is 0.0138. The molecule has 22 heavy (non-hydrogen) atoms. The van der Waals surface area contributed by atoms with E-state index in [2.05, 4.69) is 22.3 Å². The van der Waals surface area contributed by atoms with E-state index in [9.17, 15) is 4.79 Å². The summed E-state index contributed by atoms with van der Waals surface area (Å²) in [6.07, 6.45) is 0.0412. The summed E-state index contributed by atoms with van der Waals surface area (Å²) < 4.78 is 5.82. The van der Waals surface area contributed by atoms with E-state index in [1.807, 2.05) is 48.5 Å². The van der Waals surface area contributed by atoms with Crippen LogP contribution in [0.1, 0.15) is 11.7 Å². The van der Waals surface area contributed by atoms with E-state index in [-0.39, 0.29) is 12.0 Å². The molecule has 0 radical (unpaired) electrons. The molecule has 2 aromatic carbocycles. The highest BCUT2D eigenvalue weighted by Crippen LogP contribution is 2.21. The van der Waals surface area contributed by atoms with Crippen LogP contribution in [-0.4, -0.2) is 37.0 Å². The number of anilines is 1. The lowest BCUT2D eigenvalue weighted by atomic mass is 10.1. The molecule has 2 aromatic rings. The molecule has 0 aliphatic carbocycles. The first kappa shape index (κ1) is 14.8. The standard InChI is InChI=1S/C18H20N2O2/c21-18(19-16-9-5-2-6-10-16)14-20-11-12-22-17(13-20)15-7-3-1-4-8-15/h1-10,17H,11-14H2,(H,19,21). The van der Waals surface area contributed by atoms with Gasteiger partial charge in [-0.3, -0.25) is 9.69 Å². The predicted octanol–water partition coefficient (Wildman–Crippen LogP) is 2.70. The third-order valence-corrected chi connectivity index (χ3v) is 3.75. The van der Waals surface area contributed by atoms with Gasteiger partial charge in [-0.15, -0.1) is 0 Å². The molecule has 0 saturated carbocycles.